The summed E-state index contributed by atoms with van der Waals surface area (Å²) in [4.78, 5) is 34.0. The van der Waals surface area contributed by atoms with Crippen molar-refractivity contribution < 1.29 is 14.7 Å². The number of anilines is 1. The van der Waals surface area contributed by atoms with Gasteiger partial charge in [-0.1, -0.05) is 23.2 Å². The quantitative estimate of drug-likeness (QED) is 0.841. The third-order valence-corrected chi connectivity index (χ3v) is 2.88. The number of aromatic carboxylic acids is 1. The zero-order valence-electron chi connectivity index (χ0n) is 9.67. The Hall–Kier alpha value is -2.25. The summed E-state index contributed by atoms with van der Waals surface area (Å²) in [7, 11) is 0. The van der Waals surface area contributed by atoms with Gasteiger partial charge in [-0.15, -0.1) is 0 Å². The number of rotatable bonds is 3. The number of nitrogens with one attached hydrogen (secondary N) is 1. The third kappa shape index (κ3) is 3.01. The highest BCUT2D eigenvalue weighted by Crippen LogP contribution is 2.20. The summed E-state index contributed by atoms with van der Waals surface area (Å²) in [5, 5.41) is 11.4. The molecule has 2 N–H and O–H groups in total. The van der Waals surface area contributed by atoms with Gasteiger partial charge in [0.15, 0.2) is 11.5 Å². The number of amides is 1. The molecule has 2 rings (SSSR count). The Kier molecular flexibility index (Phi) is 4.11. The predicted octanol–water partition coefficient (Wildman–Crippen LogP) is 2.13. The molecule has 2 aromatic rings. The molecule has 0 unspecified atom stereocenters. The second-order valence-corrected chi connectivity index (χ2v) is 4.27. The molecular weight excluding hydrogens is 307 g/mol. The molecule has 0 aromatic carbocycles. The Balaban J connectivity index is 2.28. The number of nitrogens with zero attached hydrogens (tertiary/aromatic N) is 3. The van der Waals surface area contributed by atoms with E-state index in [4.69, 9.17) is 28.3 Å². The fraction of sp³-hybridized carbons (Fsp3) is 0. The number of pyridine rings is 1. The van der Waals surface area contributed by atoms with Gasteiger partial charge in [-0.2, -0.15) is 0 Å². The lowest BCUT2D eigenvalue weighted by Crippen LogP contribution is -2.17. The maximum Gasteiger partial charge on any atom is 0.358 e. The van der Waals surface area contributed by atoms with Crippen LogP contribution in [0.15, 0.2) is 24.7 Å². The highest BCUT2D eigenvalue weighted by Gasteiger charge is 2.16. The Labute approximate surface area is 122 Å². The Morgan fingerprint density at radius 1 is 1.15 bits per heavy atom. The normalized spacial score (nSPS) is 10.1. The summed E-state index contributed by atoms with van der Waals surface area (Å²) in [5.41, 5.74) is -0.254. The minimum atomic E-state index is -1.30. The average Bonchev–Trinajstić information content (AvgIpc) is 2.42. The lowest BCUT2D eigenvalue weighted by molar-refractivity contribution is 0.0691. The van der Waals surface area contributed by atoms with Gasteiger partial charge in [0, 0.05) is 18.6 Å². The van der Waals surface area contributed by atoms with Gasteiger partial charge in [0.1, 0.15) is 5.15 Å². The van der Waals surface area contributed by atoms with E-state index in [1.165, 1.54) is 24.7 Å². The van der Waals surface area contributed by atoms with Crippen molar-refractivity contribution in [2.45, 2.75) is 0 Å². The topological polar surface area (TPSA) is 105 Å². The standard InChI is InChI=1S/C11H6Cl2N4O3/c12-6-3-5(4-16-8(6)13)10(18)17-9-7(11(19)20)14-1-2-15-9/h1-4H,(H,19,20)(H,15,17,18). The Morgan fingerprint density at radius 3 is 2.50 bits per heavy atom. The Bertz CT molecular complexity index is 693. The number of aromatic nitrogens is 3. The van der Waals surface area contributed by atoms with Gasteiger partial charge in [-0.25, -0.2) is 19.7 Å². The van der Waals surface area contributed by atoms with Gasteiger partial charge in [0.25, 0.3) is 5.91 Å². The molecular formula is C11H6Cl2N4O3. The summed E-state index contributed by atoms with van der Waals surface area (Å²) in [5.74, 6) is -2.10. The highest BCUT2D eigenvalue weighted by atomic mass is 35.5. The number of hydrogen-bond donors (Lipinski definition) is 2. The van der Waals surface area contributed by atoms with Crippen molar-refractivity contribution in [1.82, 2.24) is 15.0 Å². The monoisotopic (exact) mass is 312 g/mol. The number of carboxylic acids is 1. The second-order valence-electron chi connectivity index (χ2n) is 3.51. The fourth-order valence-electron chi connectivity index (χ4n) is 1.31. The van der Waals surface area contributed by atoms with E-state index < -0.39 is 11.9 Å². The number of hydrogen-bond acceptors (Lipinski definition) is 5. The largest absolute Gasteiger partial charge is 0.476 e. The van der Waals surface area contributed by atoms with Crippen LogP contribution < -0.4 is 5.32 Å². The molecule has 20 heavy (non-hydrogen) atoms. The lowest BCUT2D eigenvalue weighted by Gasteiger charge is -2.06. The second kappa shape index (κ2) is 5.81. The Morgan fingerprint density at radius 2 is 1.85 bits per heavy atom. The molecule has 0 bridgehead atoms. The van der Waals surface area contributed by atoms with Crippen LogP contribution in [0.5, 0.6) is 0 Å². The first-order valence-corrected chi connectivity index (χ1v) is 5.91. The molecule has 0 fully saturated rings. The van der Waals surface area contributed by atoms with Crippen LogP contribution in [-0.4, -0.2) is 31.9 Å². The molecule has 9 heteroatoms. The molecule has 0 aliphatic carbocycles. The van der Waals surface area contributed by atoms with E-state index in [0.29, 0.717) is 0 Å². The molecule has 0 saturated carbocycles. The summed E-state index contributed by atoms with van der Waals surface area (Å²) >= 11 is 11.4. The first-order valence-electron chi connectivity index (χ1n) is 5.15. The van der Waals surface area contributed by atoms with E-state index in [1.54, 1.807) is 0 Å². The van der Waals surface area contributed by atoms with Crippen molar-refractivity contribution in [1.29, 1.82) is 0 Å². The van der Waals surface area contributed by atoms with E-state index in [2.05, 4.69) is 20.3 Å². The van der Waals surface area contributed by atoms with Gasteiger partial charge < -0.3 is 10.4 Å². The van der Waals surface area contributed by atoms with Crippen LogP contribution in [0.1, 0.15) is 20.8 Å². The van der Waals surface area contributed by atoms with Gasteiger partial charge in [0.05, 0.1) is 10.6 Å². The molecule has 2 aromatic heterocycles. The van der Waals surface area contributed by atoms with Crippen molar-refractivity contribution in [3.05, 3.63) is 46.1 Å². The lowest BCUT2D eigenvalue weighted by atomic mass is 10.2. The van der Waals surface area contributed by atoms with Crippen LogP contribution >= 0.6 is 23.2 Å². The summed E-state index contributed by atoms with van der Waals surface area (Å²) < 4.78 is 0. The minimum Gasteiger partial charge on any atom is -0.476 e. The van der Waals surface area contributed by atoms with E-state index in [0.717, 1.165) is 0 Å². The number of carbonyl (C=O) groups is 2. The van der Waals surface area contributed by atoms with Crippen molar-refractivity contribution in [3.63, 3.8) is 0 Å². The molecule has 0 aliphatic rings. The fourth-order valence-corrected chi connectivity index (χ4v) is 1.58. The van der Waals surface area contributed by atoms with Gasteiger partial charge in [0.2, 0.25) is 0 Å². The molecule has 0 saturated heterocycles. The van der Waals surface area contributed by atoms with E-state index in [9.17, 15) is 9.59 Å². The molecule has 1 amide bonds. The van der Waals surface area contributed by atoms with Gasteiger partial charge in [-0.3, -0.25) is 4.79 Å². The van der Waals surface area contributed by atoms with Crippen LogP contribution in [0.2, 0.25) is 10.2 Å². The molecule has 0 spiro atoms. The molecule has 0 radical (unpaired) electrons. The first kappa shape index (κ1) is 14.2. The predicted molar refractivity (Wildman–Crippen MR) is 71.2 cm³/mol. The third-order valence-electron chi connectivity index (χ3n) is 2.19. The van der Waals surface area contributed by atoms with Crippen LogP contribution in [-0.2, 0) is 0 Å². The summed E-state index contributed by atoms with van der Waals surface area (Å²) in [6, 6.07) is 1.31. The number of carboxylic acid groups (broad SMARTS) is 1. The van der Waals surface area contributed by atoms with Crippen molar-refractivity contribution in [2.24, 2.45) is 0 Å². The van der Waals surface area contributed by atoms with Gasteiger partial charge in [-0.05, 0) is 6.07 Å². The van der Waals surface area contributed by atoms with Crippen LogP contribution in [0, 0.1) is 0 Å². The van der Waals surface area contributed by atoms with Crippen LogP contribution in [0.3, 0.4) is 0 Å². The molecule has 7 nitrogen and oxygen atoms in total. The van der Waals surface area contributed by atoms with Crippen molar-refractivity contribution >= 4 is 40.9 Å². The maximum absolute atomic E-state index is 11.9. The maximum atomic E-state index is 11.9. The van der Waals surface area contributed by atoms with Crippen molar-refractivity contribution in [2.75, 3.05) is 5.32 Å². The number of halogens is 2. The average molecular weight is 313 g/mol. The van der Waals surface area contributed by atoms with E-state index in [-0.39, 0.29) is 27.3 Å². The zero-order chi connectivity index (χ0) is 14.7. The minimum absolute atomic E-state index is 0.0638. The molecule has 2 heterocycles. The molecule has 102 valence electrons. The SMILES string of the molecule is O=C(Nc1nccnc1C(=O)O)c1cnc(Cl)c(Cl)c1. The first-order chi connectivity index (χ1) is 9.49. The van der Waals surface area contributed by atoms with E-state index >= 15 is 0 Å². The number of carbonyl (C=O) groups excluding carboxylic acids is 1. The zero-order valence-corrected chi connectivity index (χ0v) is 11.2. The van der Waals surface area contributed by atoms with E-state index in [1.807, 2.05) is 0 Å². The van der Waals surface area contributed by atoms with Crippen LogP contribution in [0.4, 0.5) is 5.82 Å². The highest BCUT2D eigenvalue weighted by molar-refractivity contribution is 6.41. The van der Waals surface area contributed by atoms with Crippen LogP contribution in [0.25, 0.3) is 0 Å². The smallest absolute Gasteiger partial charge is 0.358 e. The van der Waals surface area contributed by atoms with Crippen molar-refractivity contribution in [3.8, 4) is 0 Å². The molecule has 0 aliphatic heterocycles. The summed E-state index contributed by atoms with van der Waals surface area (Å²) in [6.07, 6.45) is 3.68. The molecule has 0 atom stereocenters. The van der Waals surface area contributed by atoms with Gasteiger partial charge >= 0.3 is 5.97 Å². The summed E-state index contributed by atoms with van der Waals surface area (Å²) in [6.45, 7) is 0.